The van der Waals surface area contributed by atoms with Crippen LogP contribution in [0.4, 0.5) is 0 Å². The highest BCUT2D eigenvalue weighted by Gasteiger charge is 2.51. The van der Waals surface area contributed by atoms with E-state index in [4.69, 9.17) is 5.73 Å². The van der Waals surface area contributed by atoms with Gasteiger partial charge in [0, 0.05) is 31.1 Å². The smallest absolute Gasteiger partial charge is 0.260 e. The highest BCUT2D eigenvalue weighted by atomic mass is 16.2. The van der Waals surface area contributed by atoms with E-state index in [-0.39, 0.29) is 11.4 Å². The minimum absolute atomic E-state index is 0.00701. The van der Waals surface area contributed by atoms with Gasteiger partial charge < -0.3 is 15.6 Å². The Kier molecular flexibility index (Phi) is 3.36. The molecule has 3 N–H and O–H groups in total. The molecule has 0 radical (unpaired) electrons. The normalized spacial score (nSPS) is 18.1. The van der Waals surface area contributed by atoms with Gasteiger partial charge in [-0.1, -0.05) is 0 Å². The SMILES string of the molecule is NCCc1cnc2c(C(=O)N3CCc4[nH]cnc4C34CCC4)cnn2c1. The van der Waals surface area contributed by atoms with Crippen LogP contribution in [0.1, 0.15) is 46.6 Å². The third-order valence-electron chi connectivity index (χ3n) is 5.76. The molecule has 0 aromatic carbocycles. The molecule has 0 bridgehead atoms. The fourth-order valence-electron chi connectivity index (χ4n) is 4.30. The van der Waals surface area contributed by atoms with Gasteiger partial charge in [0.2, 0.25) is 0 Å². The summed E-state index contributed by atoms with van der Waals surface area (Å²) in [6.07, 6.45) is 11.6. The van der Waals surface area contributed by atoms with Gasteiger partial charge in [0.15, 0.2) is 5.65 Å². The summed E-state index contributed by atoms with van der Waals surface area (Å²) in [4.78, 5) is 27.6. The summed E-state index contributed by atoms with van der Waals surface area (Å²) in [6.45, 7) is 1.25. The Bertz CT molecular complexity index is 985. The number of aromatic nitrogens is 5. The molecule has 0 saturated heterocycles. The second-order valence-electron chi connectivity index (χ2n) is 7.15. The number of imidazole rings is 1. The number of H-pyrrole nitrogens is 1. The maximum Gasteiger partial charge on any atom is 0.260 e. The maximum atomic E-state index is 13.4. The van der Waals surface area contributed by atoms with Gasteiger partial charge in [-0.25, -0.2) is 14.5 Å². The lowest BCUT2D eigenvalue weighted by molar-refractivity contribution is 0.00469. The van der Waals surface area contributed by atoms with Gasteiger partial charge in [0.25, 0.3) is 5.91 Å². The lowest BCUT2D eigenvalue weighted by atomic mass is 9.70. The predicted molar refractivity (Wildman–Crippen MR) is 94.6 cm³/mol. The predicted octanol–water partition coefficient (Wildman–Crippen LogP) is 1.03. The molecule has 2 aliphatic rings. The highest BCUT2D eigenvalue weighted by molar-refractivity contribution is 6.00. The number of fused-ring (bicyclic) bond motifs is 3. The molecule has 3 aromatic heterocycles. The number of aromatic amines is 1. The van der Waals surface area contributed by atoms with Crippen LogP contribution >= 0.6 is 0 Å². The Labute approximate surface area is 150 Å². The van der Waals surface area contributed by atoms with Gasteiger partial charge in [0.05, 0.1) is 23.8 Å². The first-order valence-corrected chi connectivity index (χ1v) is 9.10. The van der Waals surface area contributed by atoms with Crippen molar-refractivity contribution in [3.05, 3.63) is 47.4 Å². The number of hydrogen-bond donors (Lipinski definition) is 2. The molecule has 134 valence electrons. The monoisotopic (exact) mass is 351 g/mol. The van der Waals surface area contributed by atoms with Gasteiger partial charge in [-0.3, -0.25) is 4.79 Å². The Morgan fingerprint density at radius 1 is 1.31 bits per heavy atom. The van der Waals surface area contributed by atoms with E-state index in [1.807, 2.05) is 11.1 Å². The van der Waals surface area contributed by atoms with Gasteiger partial charge in [0.1, 0.15) is 5.56 Å². The quantitative estimate of drug-likeness (QED) is 0.733. The third kappa shape index (κ3) is 2.05. The first-order chi connectivity index (χ1) is 12.7. The van der Waals surface area contributed by atoms with E-state index >= 15 is 0 Å². The van der Waals surface area contributed by atoms with E-state index in [1.54, 1.807) is 23.2 Å². The number of nitrogens with one attached hydrogen (secondary N) is 1. The van der Waals surface area contributed by atoms with Crippen LogP contribution in [0.5, 0.6) is 0 Å². The van der Waals surface area contributed by atoms with Crippen molar-refractivity contribution >= 4 is 11.6 Å². The Balaban J connectivity index is 1.53. The third-order valence-corrected chi connectivity index (χ3v) is 5.76. The van der Waals surface area contributed by atoms with Crippen molar-refractivity contribution in [2.75, 3.05) is 13.1 Å². The van der Waals surface area contributed by atoms with Gasteiger partial charge in [-0.05, 0) is 37.8 Å². The van der Waals surface area contributed by atoms with E-state index in [0.717, 1.165) is 49.1 Å². The molecular formula is C18H21N7O. The lowest BCUT2D eigenvalue weighted by Gasteiger charge is -2.51. The lowest BCUT2D eigenvalue weighted by Crippen LogP contribution is -2.57. The van der Waals surface area contributed by atoms with Crippen molar-refractivity contribution in [3.8, 4) is 0 Å². The standard InChI is InChI=1S/C18H21N7O/c19-6-2-12-8-20-16-13(9-23-25(16)10-12)17(26)24-7-3-14-15(22-11-21-14)18(24)4-1-5-18/h8-11H,1-7,19H2,(H,21,22). The molecule has 1 saturated carbocycles. The second kappa shape index (κ2) is 5.63. The van der Waals surface area contributed by atoms with Crippen molar-refractivity contribution in [2.24, 2.45) is 5.73 Å². The molecule has 0 atom stereocenters. The number of carbonyl (C=O) groups is 1. The van der Waals surface area contributed by atoms with Crippen molar-refractivity contribution in [3.63, 3.8) is 0 Å². The fourth-order valence-corrected chi connectivity index (χ4v) is 4.30. The molecule has 26 heavy (non-hydrogen) atoms. The van der Waals surface area contributed by atoms with E-state index in [1.165, 1.54) is 0 Å². The average Bonchev–Trinajstić information content (AvgIpc) is 3.25. The van der Waals surface area contributed by atoms with Crippen LogP contribution in [0.25, 0.3) is 5.65 Å². The number of nitrogens with two attached hydrogens (primary N) is 1. The minimum atomic E-state index is -0.265. The van der Waals surface area contributed by atoms with Crippen LogP contribution in [-0.4, -0.2) is 48.5 Å². The van der Waals surface area contributed by atoms with E-state index < -0.39 is 0 Å². The Morgan fingerprint density at radius 3 is 2.96 bits per heavy atom. The van der Waals surface area contributed by atoms with Gasteiger partial charge >= 0.3 is 0 Å². The molecule has 1 aliphatic carbocycles. The van der Waals surface area contributed by atoms with Crippen LogP contribution in [0.2, 0.25) is 0 Å². The first kappa shape index (κ1) is 15.5. The topological polar surface area (TPSA) is 105 Å². The van der Waals surface area contributed by atoms with Crippen molar-refractivity contribution in [2.45, 2.75) is 37.6 Å². The van der Waals surface area contributed by atoms with Crippen molar-refractivity contribution in [1.82, 2.24) is 29.5 Å². The molecule has 4 heterocycles. The number of nitrogens with zero attached hydrogens (tertiary/aromatic N) is 5. The zero-order valence-corrected chi connectivity index (χ0v) is 14.5. The Hall–Kier alpha value is -2.74. The summed E-state index contributed by atoms with van der Waals surface area (Å²) >= 11 is 0. The number of hydrogen-bond acceptors (Lipinski definition) is 5. The first-order valence-electron chi connectivity index (χ1n) is 9.10. The largest absolute Gasteiger partial charge is 0.348 e. The number of carbonyl (C=O) groups excluding carboxylic acids is 1. The Morgan fingerprint density at radius 2 is 2.19 bits per heavy atom. The van der Waals surface area contributed by atoms with Crippen LogP contribution in [-0.2, 0) is 18.4 Å². The van der Waals surface area contributed by atoms with E-state index in [2.05, 4.69) is 20.1 Å². The van der Waals surface area contributed by atoms with Gasteiger partial charge in [-0.2, -0.15) is 5.10 Å². The molecule has 1 aliphatic heterocycles. The maximum absolute atomic E-state index is 13.4. The van der Waals surface area contributed by atoms with Crippen molar-refractivity contribution in [1.29, 1.82) is 0 Å². The molecule has 5 rings (SSSR count). The number of amides is 1. The van der Waals surface area contributed by atoms with Gasteiger partial charge in [-0.15, -0.1) is 0 Å². The minimum Gasteiger partial charge on any atom is -0.348 e. The van der Waals surface area contributed by atoms with Crippen molar-refractivity contribution < 1.29 is 4.79 Å². The van der Waals surface area contributed by atoms with Crippen LogP contribution < -0.4 is 5.73 Å². The molecular weight excluding hydrogens is 330 g/mol. The molecule has 3 aromatic rings. The molecule has 1 spiro atoms. The summed E-state index contributed by atoms with van der Waals surface area (Å²) in [5.41, 5.74) is 9.71. The average molecular weight is 351 g/mol. The summed E-state index contributed by atoms with van der Waals surface area (Å²) in [5.74, 6) is -0.00701. The van der Waals surface area contributed by atoms with E-state index in [9.17, 15) is 4.79 Å². The molecule has 1 fully saturated rings. The fraction of sp³-hybridized carbons (Fsp3) is 0.444. The summed E-state index contributed by atoms with van der Waals surface area (Å²) < 4.78 is 1.68. The summed E-state index contributed by atoms with van der Waals surface area (Å²) in [5, 5.41) is 4.35. The zero-order valence-electron chi connectivity index (χ0n) is 14.5. The molecule has 8 heteroatoms. The molecule has 1 amide bonds. The van der Waals surface area contributed by atoms with Crippen LogP contribution in [0.3, 0.4) is 0 Å². The van der Waals surface area contributed by atoms with Crippen LogP contribution in [0.15, 0.2) is 24.9 Å². The zero-order chi connectivity index (χ0) is 17.7. The molecule has 0 unspecified atom stereocenters. The summed E-state index contributed by atoms with van der Waals surface area (Å²) in [6, 6.07) is 0. The molecule has 8 nitrogen and oxygen atoms in total. The van der Waals surface area contributed by atoms with Crippen LogP contribution in [0, 0.1) is 0 Å². The number of rotatable bonds is 3. The second-order valence-corrected chi connectivity index (χ2v) is 7.15. The van der Waals surface area contributed by atoms with E-state index in [0.29, 0.717) is 24.3 Å². The summed E-state index contributed by atoms with van der Waals surface area (Å²) in [7, 11) is 0. The highest BCUT2D eigenvalue weighted by Crippen LogP contribution is 2.49.